The Hall–Kier alpha value is -2.45. The van der Waals surface area contributed by atoms with Crippen molar-refractivity contribution in [2.75, 3.05) is 0 Å². The molecule has 2 heterocycles. The number of ether oxygens (including phenoxy) is 1. The van der Waals surface area contributed by atoms with Gasteiger partial charge in [0, 0.05) is 21.2 Å². The summed E-state index contributed by atoms with van der Waals surface area (Å²) in [6, 6.07) is 5.69. The lowest BCUT2D eigenvalue weighted by Crippen LogP contribution is -2.53. The fourth-order valence-electron chi connectivity index (χ4n) is 2.61. The lowest BCUT2D eigenvalue weighted by molar-refractivity contribution is -0.122. The van der Waals surface area contributed by atoms with Gasteiger partial charge in [0.1, 0.15) is 17.9 Å². The van der Waals surface area contributed by atoms with Crippen molar-refractivity contribution >= 4 is 44.6 Å². The summed E-state index contributed by atoms with van der Waals surface area (Å²) in [5, 5.41) is 4.51. The molecule has 0 radical (unpaired) electrons. The molecule has 2 amide bonds. The number of hydrogen-bond donors (Lipinski definition) is 2. The maximum absolute atomic E-state index is 12.8. The van der Waals surface area contributed by atoms with Crippen molar-refractivity contribution in [1.29, 1.82) is 0 Å². The molecule has 3 aromatic rings. The third-order valence-corrected chi connectivity index (χ3v) is 6.13. The lowest BCUT2D eigenvalue weighted by atomic mass is 10.0. The molecule has 0 atom stereocenters. The van der Waals surface area contributed by atoms with Crippen LogP contribution in [0.1, 0.15) is 39.0 Å². The smallest absolute Gasteiger partial charge is 0.253 e. The van der Waals surface area contributed by atoms with E-state index in [2.05, 4.69) is 10.3 Å². The Balaban J connectivity index is 1.88. The van der Waals surface area contributed by atoms with Crippen LogP contribution in [0.15, 0.2) is 24.4 Å². The van der Waals surface area contributed by atoms with Gasteiger partial charge in [-0.05, 0) is 45.9 Å². The molecule has 0 bridgehead atoms. The van der Waals surface area contributed by atoms with Gasteiger partial charge in [-0.15, -0.1) is 22.7 Å². The summed E-state index contributed by atoms with van der Waals surface area (Å²) in [7, 11) is 0. The molecule has 3 N–H and O–H groups in total. The van der Waals surface area contributed by atoms with Gasteiger partial charge in [0.25, 0.3) is 5.91 Å². The van der Waals surface area contributed by atoms with E-state index in [1.165, 1.54) is 11.3 Å². The monoisotopic (exact) mass is 403 g/mol. The zero-order chi connectivity index (χ0) is 19.8. The first-order valence-corrected chi connectivity index (χ1v) is 10.0. The average molecular weight is 404 g/mol. The second kappa shape index (κ2) is 7.28. The van der Waals surface area contributed by atoms with Crippen LogP contribution in [0.2, 0.25) is 0 Å². The van der Waals surface area contributed by atoms with E-state index in [1.54, 1.807) is 31.4 Å². The first kappa shape index (κ1) is 19.3. The van der Waals surface area contributed by atoms with E-state index in [-0.39, 0.29) is 5.91 Å². The van der Waals surface area contributed by atoms with E-state index in [0.717, 1.165) is 24.8 Å². The van der Waals surface area contributed by atoms with Gasteiger partial charge in [-0.3, -0.25) is 9.59 Å². The second-order valence-electron chi connectivity index (χ2n) is 6.77. The minimum atomic E-state index is -1.13. The number of thiazole rings is 1. The highest BCUT2D eigenvalue weighted by atomic mass is 32.1. The first-order chi connectivity index (χ1) is 12.7. The van der Waals surface area contributed by atoms with Gasteiger partial charge in [-0.25, -0.2) is 4.98 Å². The SMILES string of the molecule is Cc1ncc(COc2ccc3sc(C)c(C(=O)NC(C)(C)C(N)=O)c3c2)s1. The van der Waals surface area contributed by atoms with Gasteiger partial charge in [0.05, 0.1) is 15.4 Å². The third kappa shape index (κ3) is 4.12. The van der Waals surface area contributed by atoms with E-state index >= 15 is 0 Å². The molecular formula is C19H21N3O3S2. The molecule has 0 saturated carbocycles. The van der Waals surface area contributed by atoms with Crippen molar-refractivity contribution in [3.63, 3.8) is 0 Å². The number of amides is 2. The summed E-state index contributed by atoms with van der Waals surface area (Å²) in [6.45, 7) is 7.44. The Morgan fingerprint density at radius 1 is 1.26 bits per heavy atom. The van der Waals surface area contributed by atoms with E-state index in [9.17, 15) is 9.59 Å². The Morgan fingerprint density at radius 3 is 2.63 bits per heavy atom. The van der Waals surface area contributed by atoms with Crippen LogP contribution in [0.3, 0.4) is 0 Å². The molecule has 0 unspecified atom stereocenters. The largest absolute Gasteiger partial charge is 0.488 e. The highest BCUT2D eigenvalue weighted by molar-refractivity contribution is 7.19. The molecule has 6 nitrogen and oxygen atoms in total. The van der Waals surface area contributed by atoms with E-state index in [0.29, 0.717) is 17.9 Å². The highest BCUT2D eigenvalue weighted by Gasteiger charge is 2.29. The highest BCUT2D eigenvalue weighted by Crippen LogP contribution is 2.34. The molecular weight excluding hydrogens is 382 g/mol. The summed E-state index contributed by atoms with van der Waals surface area (Å²) >= 11 is 3.12. The standard InChI is InChI=1S/C19H21N3O3S2/c1-10-16(17(23)22-19(3,4)18(20)24)14-7-12(5-6-15(14)26-10)25-9-13-8-21-11(2)27-13/h5-8H,9H2,1-4H3,(H2,20,24)(H,22,23). The fourth-order valence-corrected chi connectivity index (χ4v) is 4.36. The average Bonchev–Trinajstić information content (AvgIpc) is 3.14. The van der Waals surface area contributed by atoms with Crippen molar-refractivity contribution in [3.8, 4) is 5.75 Å². The van der Waals surface area contributed by atoms with Crippen LogP contribution in [0.4, 0.5) is 0 Å². The molecule has 0 fully saturated rings. The van der Waals surface area contributed by atoms with Crippen LogP contribution in [-0.4, -0.2) is 22.3 Å². The number of nitrogens with zero attached hydrogens (tertiary/aromatic N) is 1. The van der Waals surface area contributed by atoms with Crippen molar-refractivity contribution in [3.05, 3.63) is 44.7 Å². The molecule has 0 aliphatic carbocycles. The molecule has 1 aromatic carbocycles. The van der Waals surface area contributed by atoms with Crippen LogP contribution in [0, 0.1) is 13.8 Å². The number of carbonyl (C=O) groups is 2. The molecule has 2 aromatic heterocycles. The summed E-state index contributed by atoms with van der Waals surface area (Å²) < 4.78 is 6.85. The summed E-state index contributed by atoms with van der Waals surface area (Å²) in [5.74, 6) is -0.232. The van der Waals surface area contributed by atoms with Gasteiger partial charge in [-0.2, -0.15) is 0 Å². The number of fused-ring (bicyclic) bond motifs is 1. The summed E-state index contributed by atoms with van der Waals surface area (Å²) in [6.07, 6.45) is 1.80. The minimum absolute atomic E-state index is 0.321. The second-order valence-corrected chi connectivity index (χ2v) is 9.34. The molecule has 0 aliphatic heterocycles. The zero-order valence-electron chi connectivity index (χ0n) is 15.6. The van der Waals surface area contributed by atoms with Gasteiger partial charge in [-0.1, -0.05) is 0 Å². The van der Waals surface area contributed by atoms with Crippen LogP contribution in [0.5, 0.6) is 5.75 Å². The van der Waals surface area contributed by atoms with Gasteiger partial charge < -0.3 is 15.8 Å². The van der Waals surface area contributed by atoms with E-state index in [4.69, 9.17) is 10.5 Å². The van der Waals surface area contributed by atoms with Crippen molar-refractivity contribution in [1.82, 2.24) is 10.3 Å². The molecule has 0 saturated heterocycles. The molecule has 3 rings (SSSR count). The molecule has 0 spiro atoms. The number of nitrogens with one attached hydrogen (secondary N) is 1. The van der Waals surface area contributed by atoms with Gasteiger partial charge >= 0.3 is 0 Å². The Morgan fingerprint density at radius 2 is 2.00 bits per heavy atom. The summed E-state index contributed by atoms with van der Waals surface area (Å²) in [5.41, 5.74) is 4.78. The Kier molecular flexibility index (Phi) is 5.21. The molecule has 142 valence electrons. The predicted octanol–water partition coefficient (Wildman–Crippen LogP) is 3.55. The molecule has 8 heteroatoms. The Bertz CT molecular complexity index is 1020. The lowest BCUT2D eigenvalue weighted by Gasteiger charge is -2.22. The number of rotatable bonds is 6. The van der Waals surface area contributed by atoms with Crippen LogP contribution in [0.25, 0.3) is 10.1 Å². The number of carbonyl (C=O) groups excluding carboxylic acids is 2. The summed E-state index contributed by atoms with van der Waals surface area (Å²) in [4.78, 5) is 30.5. The number of primary amides is 1. The van der Waals surface area contributed by atoms with Crippen LogP contribution >= 0.6 is 22.7 Å². The number of nitrogens with two attached hydrogens (primary N) is 1. The van der Waals surface area contributed by atoms with Crippen molar-refractivity contribution in [2.45, 2.75) is 39.8 Å². The van der Waals surface area contributed by atoms with Gasteiger partial charge in [0.2, 0.25) is 5.91 Å². The van der Waals surface area contributed by atoms with Crippen molar-refractivity contribution < 1.29 is 14.3 Å². The molecule has 27 heavy (non-hydrogen) atoms. The van der Waals surface area contributed by atoms with Gasteiger partial charge in [0.15, 0.2) is 0 Å². The number of thiophene rings is 1. The maximum atomic E-state index is 12.8. The number of hydrogen-bond acceptors (Lipinski definition) is 6. The fraction of sp³-hybridized carbons (Fsp3) is 0.316. The quantitative estimate of drug-likeness (QED) is 0.658. The normalized spacial score (nSPS) is 11.6. The zero-order valence-corrected chi connectivity index (χ0v) is 17.2. The van der Waals surface area contributed by atoms with Crippen molar-refractivity contribution in [2.24, 2.45) is 5.73 Å². The minimum Gasteiger partial charge on any atom is -0.488 e. The Labute approximate surface area is 165 Å². The first-order valence-electron chi connectivity index (χ1n) is 8.37. The van der Waals surface area contributed by atoms with Crippen LogP contribution < -0.4 is 15.8 Å². The van der Waals surface area contributed by atoms with Crippen LogP contribution in [-0.2, 0) is 11.4 Å². The number of aromatic nitrogens is 1. The molecule has 0 aliphatic rings. The van der Waals surface area contributed by atoms with E-state index < -0.39 is 11.4 Å². The van der Waals surface area contributed by atoms with E-state index in [1.807, 2.05) is 32.0 Å². The maximum Gasteiger partial charge on any atom is 0.253 e. The third-order valence-electron chi connectivity index (χ3n) is 4.15. The number of benzene rings is 1. The topological polar surface area (TPSA) is 94.3 Å². The predicted molar refractivity (Wildman–Crippen MR) is 108 cm³/mol. The number of aryl methyl sites for hydroxylation is 2.